The van der Waals surface area contributed by atoms with E-state index in [2.05, 4.69) is 20.3 Å². The van der Waals surface area contributed by atoms with Gasteiger partial charge in [-0.15, -0.1) is 0 Å². The van der Waals surface area contributed by atoms with Crippen molar-refractivity contribution in [2.24, 2.45) is 0 Å². The maximum Gasteiger partial charge on any atom is 0.408 e. The standard InChI is InChI=1S/C19H26ClN5O5/c1-11-7-21-17(20)24-14(11)13-9-25(15(23-13)16(26)29-6)8-12(10-28-5)22-18(27)30-19(2,3)4/h7,9,12H,8,10H2,1-6H3,(H,22,27). The Labute approximate surface area is 179 Å². The molecule has 0 aromatic carbocycles. The molecular weight excluding hydrogens is 414 g/mol. The Morgan fingerprint density at radius 1 is 1.27 bits per heavy atom. The molecular formula is C19H26ClN5O5. The van der Waals surface area contributed by atoms with Gasteiger partial charge in [-0.3, -0.25) is 0 Å². The van der Waals surface area contributed by atoms with E-state index in [1.807, 2.05) is 0 Å². The van der Waals surface area contributed by atoms with E-state index < -0.39 is 23.7 Å². The molecule has 1 amide bonds. The van der Waals surface area contributed by atoms with Gasteiger partial charge in [0.25, 0.3) is 0 Å². The van der Waals surface area contributed by atoms with Gasteiger partial charge in [0.1, 0.15) is 11.3 Å². The Kier molecular flexibility index (Phi) is 7.74. The minimum Gasteiger partial charge on any atom is -0.463 e. The van der Waals surface area contributed by atoms with E-state index in [0.717, 1.165) is 5.56 Å². The number of aromatic nitrogens is 4. The third-order valence-electron chi connectivity index (χ3n) is 3.84. The minimum atomic E-state index is -0.648. The van der Waals surface area contributed by atoms with Crippen molar-refractivity contribution in [1.82, 2.24) is 24.8 Å². The van der Waals surface area contributed by atoms with Gasteiger partial charge in [0.15, 0.2) is 0 Å². The molecule has 2 aromatic rings. The van der Waals surface area contributed by atoms with Gasteiger partial charge in [0.05, 0.1) is 25.5 Å². The van der Waals surface area contributed by atoms with Gasteiger partial charge < -0.3 is 24.1 Å². The maximum atomic E-state index is 12.3. The summed E-state index contributed by atoms with van der Waals surface area (Å²) in [6.07, 6.45) is 2.61. The second kappa shape index (κ2) is 9.86. The zero-order valence-electron chi connectivity index (χ0n) is 17.9. The number of carbonyl (C=O) groups is 2. The molecule has 0 aliphatic carbocycles. The van der Waals surface area contributed by atoms with Crippen LogP contribution < -0.4 is 5.32 Å². The van der Waals surface area contributed by atoms with Gasteiger partial charge in [-0.2, -0.15) is 0 Å². The summed E-state index contributed by atoms with van der Waals surface area (Å²) in [7, 11) is 2.77. The zero-order chi connectivity index (χ0) is 22.5. The molecule has 30 heavy (non-hydrogen) atoms. The predicted octanol–water partition coefficient (Wildman–Crippen LogP) is 2.63. The number of imidazole rings is 1. The molecule has 0 bridgehead atoms. The minimum absolute atomic E-state index is 0.0497. The predicted molar refractivity (Wildman–Crippen MR) is 109 cm³/mol. The van der Waals surface area contributed by atoms with Crippen molar-refractivity contribution in [1.29, 1.82) is 0 Å². The normalized spacial score (nSPS) is 12.4. The second-order valence-electron chi connectivity index (χ2n) is 7.56. The number of halogens is 1. The van der Waals surface area contributed by atoms with E-state index in [0.29, 0.717) is 11.4 Å². The van der Waals surface area contributed by atoms with Gasteiger partial charge in [0, 0.05) is 26.0 Å². The number of alkyl carbamates (subject to hydrolysis) is 1. The van der Waals surface area contributed by atoms with Crippen LogP contribution in [0.5, 0.6) is 0 Å². The van der Waals surface area contributed by atoms with Crippen LogP contribution in [0.25, 0.3) is 11.4 Å². The molecule has 11 heteroatoms. The Hall–Kier alpha value is -2.72. The number of methoxy groups -OCH3 is 2. The molecule has 0 saturated heterocycles. The first-order valence-corrected chi connectivity index (χ1v) is 9.55. The lowest BCUT2D eigenvalue weighted by molar-refractivity contribution is 0.0459. The van der Waals surface area contributed by atoms with Crippen molar-refractivity contribution in [2.75, 3.05) is 20.8 Å². The molecule has 0 aliphatic heterocycles. The van der Waals surface area contributed by atoms with Gasteiger partial charge in [-0.1, -0.05) is 0 Å². The summed E-state index contributed by atoms with van der Waals surface area (Å²) >= 11 is 5.91. The molecule has 2 heterocycles. The first-order valence-electron chi connectivity index (χ1n) is 9.17. The summed E-state index contributed by atoms with van der Waals surface area (Å²) in [4.78, 5) is 36.9. The van der Waals surface area contributed by atoms with E-state index in [4.69, 9.17) is 25.8 Å². The van der Waals surface area contributed by atoms with Crippen LogP contribution in [-0.2, 0) is 20.8 Å². The average molecular weight is 440 g/mol. The highest BCUT2D eigenvalue weighted by Crippen LogP contribution is 2.22. The number of rotatable bonds is 7. The number of aryl methyl sites for hydroxylation is 1. The molecule has 0 aliphatic rings. The molecule has 0 saturated carbocycles. The van der Waals surface area contributed by atoms with Crippen LogP contribution >= 0.6 is 11.6 Å². The van der Waals surface area contributed by atoms with Crippen LogP contribution in [0.2, 0.25) is 5.28 Å². The fourth-order valence-electron chi connectivity index (χ4n) is 2.66. The first kappa shape index (κ1) is 23.6. The van der Waals surface area contributed by atoms with Gasteiger partial charge in [-0.05, 0) is 44.9 Å². The van der Waals surface area contributed by atoms with Crippen LogP contribution in [0.15, 0.2) is 12.4 Å². The highest BCUT2D eigenvalue weighted by Gasteiger charge is 2.24. The Morgan fingerprint density at radius 3 is 2.57 bits per heavy atom. The number of esters is 1. The Morgan fingerprint density at radius 2 is 1.97 bits per heavy atom. The molecule has 10 nitrogen and oxygen atoms in total. The average Bonchev–Trinajstić information content (AvgIpc) is 3.05. The first-order chi connectivity index (χ1) is 14.0. The Balaban J connectivity index is 2.35. The lowest BCUT2D eigenvalue weighted by atomic mass is 10.2. The molecule has 2 aromatic heterocycles. The fourth-order valence-corrected chi connectivity index (χ4v) is 2.79. The van der Waals surface area contributed by atoms with E-state index in [1.54, 1.807) is 44.7 Å². The van der Waals surface area contributed by atoms with Crippen molar-refractivity contribution in [3.05, 3.63) is 29.1 Å². The number of hydrogen-bond acceptors (Lipinski definition) is 8. The number of amides is 1. The van der Waals surface area contributed by atoms with Crippen molar-refractivity contribution in [3.8, 4) is 11.4 Å². The molecule has 1 atom stereocenters. The Bertz CT molecular complexity index is 909. The van der Waals surface area contributed by atoms with Crippen LogP contribution in [0.3, 0.4) is 0 Å². The highest BCUT2D eigenvalue weighted by atomic mass is 35.5. The number of nitrogens with one attached hydrogen (secondary N) is 1. The summed E-state index contributed by atoms with van der Waals surface area (Å²) in [6, 6.07) is -0.495. The van der Waals surface area contributed by atoms with Crippen LogP contribution in [0.4, 0.5) is 4.79 Å². The van der Waals surface area contributed by atoms with Crippen LogP contribution in [-0.4, -0.2) is 64.1 Å². The molecule has 0 fully saturated rings. The topological polar surface area (TPSA) is 117 Å². The molecule has 164 valence electrons. The molecule has 1 N–H and O–H groups in total. The molecule has 2 rings (SSSR count). The van der Waals surface area contributed by atoms with Gasteiger partial charge >= 0.3 is 12.1 Å². The fraction of sp³-hybridized carbons (Fsp3) is 0.526. The summed E-state index contributed by atoms with van der Waals surface area (Å²) in [5.74, 6) is -0.582. The van der Waals surface area contributed by atoms with Crippen molar-refractivity contribution >= 4 is 23.7 Å². The second-order valence-corrected chi connectivity index (χ2v) is 7.90. The number of ether oxygens (including phenoxy) is 3. The highest BCUT2D eigenvalue weighted by molar-refractivity contribution is 6.28. The van der Waals surface area contributed by atoms with Crippen LogP contribution in [0.1, 0.15) is 37.0 Å². The summed E-state index contributed by atoms with van der Waals surface area (Å²) in [5.41, 5.74) is 0.999. The lowest BCUT2D eigenvalue weighted by Gasteiger charge is -2.23. The van der Waals surface area contributed by atoms with Gasteiger partial charge in [-0.25, -0.2) is 24.5 Å². The van der Waals surface area contributed by atoms with Crippen molar-refractivity contribution < 1.29 is 23.8 Å². The monoisotopic (exact) mass is 439 g/mol. The lowest BCUT2D eigenvalue weighted by Crippen LogP contribution is -2.43. The quantitative estimate of drug-likeness (QED) is 0.516. The van der Waals surface area contributed by atoms with Crippen molar-refractivity contribution in [2.45, 2.75) is 45.9 Å². The van der Waals surface area contributed by atoms with E-state index in [-0.39, 0.29) is 24.3 Å². The molecule has 1 unspecified atom stereocenters. The van der Waals surface area contributed by atoms with E-state index in [9.17, 15) is 9.59 Å². The van der Waals surface area contributed by atoms with E-state index in [1.165, 1.54) is 14.2 Å². The number of carbonyl (C=O) groups excluding carboxylic acids is 2. The van der Waals surface area contributed by atoms with E-state index >= 15 is 0 Å². The zero-order valence-corrected chi connectivity index (χ0v) is 18.6. The largest absolute Gasteiger partial charge is 0.463 e. The SMILES string of the molecule is COCC(Cn1cc(-c2nc(Cl)ncc2C)nc1C(=O)OC)NC(=O)OC(C)(C)C. The van der Waals surface area contributed by atoms with Crippen LogP contribution in [0, 0.1) is 6.92 Å². The molecule has 0 spiro atoms. The number of nitrogens with zero attached hydrogens (tertiary/aromatic N) is 4. The van der Waals surface area contributed by atoms with Gasteiger partial charge in [0.2, 0.25) is 11.1 Å². The smallest absolute Gasteiger partial charge is 0.408 e. The third kappa shape index (κ3) is 6.39. The maximum absolute atomic E-state index is 12.3. The summed E-state index contributed by atoms with van der Waals surface area (Å²) < 4.78 is 16.9. The molecule has 0 radical (unpaired) electrons. The number of hydrogen-bond donors (Lipinski definition) is 1. The third-order valence-corrected chi connectivity index (χ3v) is 4.02. The van der Waals surface area contributed by atoms with Crippen molar-refractivity contribution in [3.63, 3.8) is 0 Å². The summed E-state index contributed by atoms with van der Waals surface area (Å²) in [5, 5.41) is 2.81. The summed E-state index contributed by atoms with van der Waals surface area (Å²) in [6.45, 7) is 7.48.